The van der Waals surface area contributed by atoms with Gasteiger partial charge in [0, 0.05) is 47.7 Å². The monoisotopic (exact) mass is 461 g/mol. The van der Waals surface area contributed by atoms with E-state index in [1.807, 2.05) is 17.0 Å². The van der Waals surface area contributed by atoms with Gasteiger partial charge in [0.05, 0.1) is 24.8 Å². The van der Waals surface area contributed by atoms with Crippen LogP contribution in [0.2, 0.25) is 5.02 Å². The highest BCUT2D eigenvalue weighted by Gasteiger charge is 2.49. The number of likely N-dealkylation sites (tertiary alicyclic amines) is 1. The van der Waals surface area contributed by atoms with Crippen molar-refractivity contribution in [1.29, 1.82) is 0 Å². The van der Waals surface area contributed by atoms with Gasteiger partial charge in [-0.25, -0.2) is 4.79 Å². The van der Waals surface area contributed by atoms with Crippen molar-refractivity contribution in [3.05, 3.63) is 47.5 Å². The van der Waals surface area contributed by atoms with Crippen LogP contribution in [0, 0.1) is 0 Å². The molecule has 2 fully saturated rings. The van der Waals surface area contributed by atoms with Crippen LogP contribution >= 0.6 is 23.4 Å². The van der Waals surface area contributed by atoms with Crippen LogP contribution in [0.1, 0.15) is 12.8 Å². The Labute approximate surface area is 190 Å². The molecule has 2 heterocycles. The van der Waals surface area contributed by atoms with E-state index in [0.29, 0.717) is 53.9 Å². The summed E-state index contributed by atoms with van der Waals surface area (Å²) >= 11 is 7.68. The topological polar surface area (TPSA) is 71.1 Å². The molecule has 3 amide bonds. The van der Waals surface area contributed by atoms with Crippen molar-refractivity contribution in [3.63, 3.8) is 0 Å². The molecule has 0 aliphatic carbocycles. The Morgan fingerprint density at radius 2 is 1.68 bits per heavy atom. The molecule has 1 spiro atoms. The number of thioether (sulfide) groups is 1. The van der Waals surface area contributed by atoms with E-state index in [9.17, 15) is 9.59 Å². The first-order valence-electron chi connectivity index (χ1n) is 9.96. The fourth-order valence-corrected chi connectivity index (χ4v) is 5.49. The third-order valence-corrected chi connectivity index (χ3v) is 7.41. The zero-order valence-corrected chi connectivity index (χ0v) is 19.0. The molecule has 31 heavy (non-hydrogen) atoms. The first kappa shape index (κ1) is 21.6. The van der Waals surface area contributed by atoms with Crippen molar-refractivity contribution in [2.75, 3.05) is 43.3 Å². The molecule has 0 atom stereocenters. The minimum atomic E-state index is -0.332. The van der Waals surface area contributed by atoms with Crippen LogP contribution in [0.25, 0.3) is 0 Å². The molecule has 0 radical (unpaired) electrons. The van der Waals surface area contributed by atoms with Gasteiger partial charge >= 0.3 is 6.03 Å². The van der Waals surface area contributed by atoms with Gasteiger partial charge in [-0.05, 0) is 37.1 Å². The predicted octanol–water partition coefficient (Wildman–Crippen LogP) is 4.46. The minimum absolute atomic E-state index is 0.0914. The van der Waals surface area contributed by atoms with Crippen LogP contribution in [0.5, 0.6) is 11.5 Å². The van der Waals surface area contributed by atoms with Crippen LogP contribution < -0.4 is 19.7 Å². The molecule has 2 aromatic rings. The number of benzene rings is 2. The average Bonchev–Trinajstić information content (AvgIpc) is 3.10. The summed E-state index contributed by atoms with van der Waals surface area (Å²) in [4.78, 5) is 28.9. The Balaban J connectivity index is 1.45. The molecule has 9 heteroatoms. The maximum atomic E-state index is 12.9. The van der Waals surface area contributed by atoms with Crippen LogP contribution in [-0.4, -0.2) is 54.8 Å². The molecule has 2 aromatic carbocycles. The first-order chi connectivity index (χ1) is 14.9. The van der Waals surface area contributed by atoms with E-state index in [0.717, 1.165) is 5.69 Å². The number of amides is 3. The molecule has 2 aliphatic rings. The minimum Gasteiger partial charge on any atom is -0.497 e. The van der Waals surface area contributed by atoms with Gasteiger partial charge in [0.1, 0.15) is 11.5 Å². The van der Waals surface area contributed by atoms with Gasteiger partial charge in [-0.2, -0.15) is 0 Å². The summed E-state index contributed by atoms with van der Waals surface area (Å²) in [5.74, 6) is 1.74. The third-order valence-electron chi connectivity index (χ3n) is 5.64. The van der Waals surface area contributed by atoms with Gasteiger partial charge in [-0.3, -0.25) is 9.69 Å². The number of rotatable bonds is 4. The second kappa shape index (κ2) is 8.88. The first-order valence-corrected chi connectivity index (χ1v) is 11.3. The Morgan fingerprint density at radius 1 is 1.06 bits per heavy atom. The van der Waals surface area contributed by atoms with E-state index in [1.165, 1.54) is 0 Å². The lowest BCUT2D eigenvalue weighted by Gasteiger charge is -2.43. The number of piperidine rings is 1. The average molecular weight is 462 g/mol. The maximum absolute atomic E-state index is 12.9. The maximum Gasteiger partial charge on any atom is 0.321 e. The van der Waals surface area contributed by atoms with Crippen LogP contribution in [-0.2, 0) is 4.79 Å². The van der Waals surface area contributed by atoms with Gasteiger partial charge in [0.2, 0.25) is 5.91 Å². The van der Waals surface area contributed by atoms with Crippen LogP contribution in [0.15, 0.2) is 42.5 Å². The number of methoxy groups -OCH3 is 2. The lowest BCUT2D eigenvalue weighted by molar-refractivity contribution is -0.116. The number of hydrogen-bond acceptors (Lipinski definition) is 5. The lowest BCUT2D eigenvalue weighted by Crippen LogP contribution is -2.53. The molecule has 4 rings (SSSR count). The summed E-state index contributed by atoms with van der Waals surface area (Å²) < 4.78 is 10.5. The molecule has 164 valence electrons. The van der Waals surface area contributed by atoms with Crippen molar-refractivity contribution in [2.45, 2.75) is 17.7 Å². The Bertz CT molecular complexity index is 955. The van der Waals surface area contributed by atoms with Gasteiger partial charge in [0.15, 0.2) is 0 Å². The quantitative estimate of drug-likeness (QED) is 0.727. The molecular formula is C22H24ClN3O4S. The fraction of sp³-hybridized carbons (Fsp3) is 0.364. The second-order valence-corrected chi connectivity index (χ2v) is 9.23. The highest BCUT2D eigenvalue weighted by Crippen LogP contribution is 2.47. The summed E-state index contributed by atoms with van der Waals surface area (Å²) in [6.07, 6.45) is 1.39. The van der Waals surface area contributed by atoms with Crippen molar-refractivity contribution in [3.8, 4) is 11.5 Å². The zero-order chi connectivity index (χ0) is 22.0. The van der Waals surface area contributed by atoms with Gasteiger partial charge in [-0.1, -0.05) is 11.6 Å². The van der Waals surface area contributed by atoms with Gasteiger partial charge in [-0.15, -0.1) is 11.8 Å². The number of hydrogen-bond donors (Lipinski definition) is 1. The summed E-state index contributed by atoms with van der Waals surface area (Å²) in [5.41, 5.74) is 1.45. The number of urea groups is 1. The van der Waals surface area contributed by atoms with E-state index >= 15 is 0 Å². The molecule has 2 saturated heterocycles. The lowest BCUT2D eigenvalue weighted by atomic mass is 10.0. The predicted molar refractivity (Wildman–Crippen MR) is 123 cm³/mol. The number of nitrogens with zero attached hydrogens (tertiary/aromatic N) is 2. The van der Waals surface area contributed by atoms with Crippen LogP contribution in [0.4, 0.5) is 16.2 Å². The normalized spacial score (nSPS) is 17.7. The van der Waals surface area contributed by atoms with Crippen molar-refractivity contribution in [1.82, 2.24) is 4.90 Å². The number of nitrogens with one attached hydrogen (secondary N) is 1. The SMILES string of the molecule is COc1cc(NC(=O)N2CCC3(CC2)SCC(=O)N3c2ccc(Cl)cc2)cc(OC)c1. The molecular weight excluding hydrogens is 438 g/mol. The van der Waals surface area contributed by atoms with Gasteiger partial charge < -0.3 is 19.7 Å². The van der Waals surface area contributed by atoms with E-state index in [1.54, 1.807) is 61.2 Å². The summed E-state index contributed by atoms with van der Waals surface area (Å²) in [6.45, 7) is 1.11. The molecule has 1 N–H and O–H groups in total. The zero-order valence-electron chi connectivity index (χ0n) is 17.4. The van der Waals surface area contributed by atoms with Gasteiger partial charge in [0.25, 0.3) is 0 Å². The summed E-state index contributed by atoms with van der Waals surface area (Å²) in [6, 6.07) is 12.4. The molecule has 0 aromatic heterocycles. The standard InChI is InChI=1S/C22H24ClN3O4S/c1-29-18-11-16(12-19(13-18)30-2)24-21(28)25-9-7-22(8-10-25)26(20(27)14-31-22)17-5-3-15(23)4-6-17/h3-6,11-13H,7-10,14H2,1-2H3,(H,24,28). The number of ether oxygens (including phenoxy) is 2. The highest BCUT2D eigenvalue weighted by atomic mass is 35.5. The number of anilines is 2. The Kier molecular flexibility index (Phi) is 6.20. The smallest absolute Gasteiger partial charge is 0.321 e. The summed E-state index contributed by atoms with van der Waals surface area (Å²) in [5, 5.41) is 3.56. The summed E-state index contributed by atoms with van der Waals surface area (Å²) in [7, 11) is 3.13. The molecule has 0 bridgehead atoms. The molecule has 0 unspecified atom stereocenters. The Hall–Kier alpha value is -2.58. The van der Waals surface area contributed by atoms with E-state index in [-0.39, 0.29) is 16.8 Å². The number of halogens is 1. The van der Waals surface area contributed by atoms with Crippen molar-refractivity contribution in [2.24, 2.45) is 0 Å². The second-order valence-electron chi connectivity index (χ2n) is 7.46. The molecule has 0 saturated carbocycles. The third kappa shape index (κ3) is 4.41. The number of carbonyl (C=O) groups is 2. The van der Waals surface area contributed by atoms with E-state index in [2.05, 4.69) is 5.32 Å². The van der Waals surface area contributed by atoms with E-state index in [4.69, 9.17) is 21.1 Å². The Morgan fingerprint density at radius 3 is 2.26 bits per heavy atom. The largest absolute Gasteiger partial charge is 0.497 e. The highest BCUT2D eigenvalue weighted by molar-refractivity contribution is 8.02. The number of carbonyl (C=O) groups excluding carboxylic acids is 2. The fourth-order valence-electron chi connectivity index (χ4n) is 4.03. The molecule has 2 aliphatic heterocycles. The van der Waals surface area contributed by atoms with Crippen LogP contribution in [0.3, 0.4) is 0 Å². The van der Waals surface area contributed by atoms with E-state index < -0.39 is 0 Å². The molecule has 7 nitrogen and oxygen atoms in total. The van der Waals surface area contributed by atoms with Crippen molar-refractivity contribution >= 4 is 46.7 Å². The van der Waals surface area contributed by atoms with Crippen molar-refractivity contribution < 1.29 is 19.1 Å².